The van der Waals surface area contributed by atoms with E-state index >= 15 is 0 Å². The van der Waals surface area contributed by atoms with E-state index in [9.17, 15) is 43.2 Å². The van der Waals surface area contributed by atoms with Crippen molar-refractivity contribution in [2.45, 2.75) is 335 Å². The van der Waals surface area contributed by atoms with Crippen molar-refractivity contribution in [1.29, 1.82) is 0 Å². The number of rotatable bonds is 63. The van der Waals surface area contributed by atoms with Crippen molar-refractivity contribution in [2.75, 3.05) is 39.6 Å². The molecule has 0 radical (unpaired) electrons. The first-order valence-corrected chi connectivity index (χ1v) is 35.8. The number of ether oxygens (including phenoxy) is 4. The van der Waals surface area contributed by atoms with Gasteiger partial charge >= 0.3 is 39.5 Å². The number of esters is 4. The van der Waals surface area contributed by atoms with Crippen molar-refractivity contribution < 1.29 is 80.2 Å². The summed E-state index contributed by atoms with van der Waals surface area (Å²) in [5.74, 6) is -2.14. The summed E-state index contributed by atoms with van der Waals surface area (Å²) in [7, 11) is -9.87. The highest BCUT2D eigenvalue weighted by molar-refractivity contribution is 7.47. The fourth-order valence-corrected chi connectivity index (χ4v) is 10.9. The minimum Gasteiger partial charge on any atom is -0.462 e. The Morgan fingerprint density at radius 3 is 0.728 bits per heavy atom. The number of aliphatic hydroxyl groups excluding tert-OH is 1. The van der Waals surface area contributed by atoms with Gasteiger partial charge < -0.3 is 33.8 Å². The smallest absolute Gasteiger partial charge is 0.462 e. The summed E-state index contributed by atoms with van der Waals surface area (Å²) in [6.45, 7) is 4.84. The number of phosphoric ester groups is 2. The van der Waals surface area contributed by atoms with Crippen LogP contribution >= 0.6 is 15.6 Å². The number of unbranched alkanes of at least 4 members (excludes halogenated alkanes) is 37. The Morgan fingerprint density at radius 2 is 0.494 bits per heavy atom. The lowest BCUT2D eigenvalue weighted by Gasteiger charge is -2.21. The highest BCUT2D eigenvalue weighted by Gasteiger charge is 2.30. The van der Waals surface area contributed by atoms with Crippen LogP contribution in [0.4, 0.5) is 0 Å². The Labute approximate surface area is 492 Å². The quantitative estimate of drug-likeness (QED) is 0.0222. The molecule has 0 amide bonds. The predicted octanol–water partition coefficient (Wildman–Crippen LogP) is 17.2. The Morgan fingerprint density at radius 1 is 0.296 bits per heavy atom. The van der Waals surface area contributed by atoms with Crippen molar-refractivity contribution in [3.8, 4) is 0 Å². The normalized spacial score (nSPS) is 14.2. The molecule has 0 aliphatic heterocycles. The third kappa shape index (κ3) is 56.9. The minimum absolute atomic E-state index is 0.106. The van der Waals surface area contributed by atoms with E-state index in [1.54, 1.807) is 0 Å². The third-order valence-corrected chi connectivity index (χ3v) is 16.3. The minimum atomic E-state index is -4.94. The van der Waals surface area contributed by atoms with Crippen molar-refractivity contribution in [3.05, 3.63) is 0 Å². The van der Waals surface area contributed by atoms with Gasteiger partial charge in [0.05, 0.1) is 26.4 Å². The van der Waals surface area contributed by atoms with E-state index in [4.69, 9.17) is 37.0 Å². The van der Waals surface area contributed by atoms with Crippen LogP contribution in [0.3, 0.4) is 0 Å². The molecule has 5 atom stereocenters. The molecule has 0 aromatic heterocycles. The summed E-state index contributed by atoms with van der Waals surface area (Å²) in [5.41, 5.74) is 0. The number of hydrogen-bond donors (Lipinski definition) is 3. The van der Waals surface area contributed by atoms with Crippen LogP contribution in [0.25, 0.3) is 0 Å². The van der Waals surface area contributed by atoms with E-state index in [1.165, 1.54) is 141 Å². The van der Waals surface area contributed by atoms with Crippen LogP contribution in [0.5, 0.6) is 0 Å². The molecule has 0 saturated heterocycles. The number of hydrogen-bond acceptors (Lipinski definition) is 15. The first-order chi connectivity index (χ1) is 39.2. The van der Waals surface area contributed by atoms with Gasteiger partial charge in [-0.15, -0.1) is 0 Å². The number of carbonyl (C=O) groups excluding carboxylic acids is 4. The largest absolute Gasteiger partial charge is 0.472 e. The average molecular weight is 1200 g/mol. The second kappa shape index (κ2) is 57.2. The fourth-order valence-electron chi connectivity index (χ4n) is 9.28. The van der Waals surface area contributed by atoms with E-state index in [1.807, 2.05) is 0 Å². The molecule has 0 aromatic rings. The molecule has 0 fully saturated rings. The third-order valence-electron chi connectivity index (χ3n) is 14.4. The van der Waals surface area contributed by atoms with Crippen molar-refractivity contribution in [2.24, 2.45) is 0 Å². The Hall–Kier alpha value is -1.94. The van der Waals surface area contributed by atoms with Gasteiger partial charge in [-0.05, 0) is 25.7 Å². The Balaban J connectivity index is 5.20. The second-order valence-electron chi connectivity index (χ2n) is 22.4. The van der Waals surface area contributed by atoms with Crippen molar-refractivity contribution >= 4 is 39.5 Å². The van der Waals surface area contributed by atoms with E-state index < -0.39 is 97.5 Å². The molecule has 17 nitrogen and oxygen atoms in total. The summed E-state index contributed by atoms with van der Waals surface area (Å²) < 4.78 is 67.8. The molecule has 0 saturated carbocycles. The standard InChI is InChI=1S/C62H120O17P2/c1-5-9-13-17-21-25-27-28-29-30-33-37-41-45-49-62(67)79-58(53-73-60(65)47-43-39-35-32-26-22-18-14-10-6-2)55-77-81(70,71)75-51-56(63)50-74-80(68,69)76-54-57(52-72-59(64)46-42-38-34-24-20-16-12-8-4)78-61(66)48-44-40-36-31-23-19-15-11-7-3/h56-58,63H,5-55H2,1-4H3,(H,68,69)(H,70,71)/t56-,57+,58+/m0/s1. The number of aliphatic hydroxyl groups is 1. The molecule has 0 bridgehead atoms. The molecule has 480 valence electrons. The van der Waals surface area contributed by atoms with Crippen LogP contribution in [0, 0.1) is 0 Å². The van der Waals surface area contributed by atoms with Crippen LogP contribution in [-0.4, -0.2) is 96.7 Å². The lowest BCUT2D eigenvalue weighted by atomic mass is 10.0. The van der Waals surface area contributed by atoms with Crippen LogP contribution in [-0.2, 0) is 65.4 Å². The molecule has 0 spiro atoms. The topological polar surface area (TPSA) is 237 Å². The second-order valence-corrected chi connectivity index (χ2v) is 25.4. The van der Waals surface area contributed by atoms with Crippen LogP contribution in [0.15, 0.2) is 0 Å². The van der Waals surface area contributed by atoms with Gasteiger partial charge in [0.15, 0.2) is 12.2 Å². The van der Waals surface area contributed by atoms with Gasteiger partial charge in [0.2, 0.25) is 0 Å². The van der Waals surface area contributed by atoms with E-state index in [-0.39, 0.29) is 25.7 Å². The summed E-state index contributed by atoms with van der Waals surface area (Å²) in [6.07, 6.45) is 41.6. The molecule has 19 heteroatoms. The maximum absolute atomic E-state index is 12.9. The molecule has 0 aliphatic carbocycles. The summed E-state index contributed by atoms with van der Waals surface area (Å²) >= 11 is 0. The molecule has 81 heavy (non-hydrogen) atoms. The van der Waals surface area contributed by atoms with Crippen LogP contribution in [0.2, 0.25) is 0 Å². The first-order valence-electron chi connectivity index (χ1n) is 32.8. The van der Waals surface area contributed by atoms with Gasteiger partial charge in [0.25, 0.3) is 0 Å². The molecular formula is C62H120O17P2. The SMILES string of the molecule is CCCCCCCCCCCCCCCCC(=O)O[C@H](COC(=O)CCCCCCCCCCCC)COP(=O)(O)OC[C@@H](O)COP(=O)(O)OC[C@@H](COC(=O)CCCCCCCCCC)OC(=O)CCCCCCCCCCC. The molecule has 0 aliphatic rings. The van der Waals surface area contributed by atoms with E-state index in [0.717, 1.165) is 96.3 Å². The van der Waals surface area contributed by atoms with Gasteiger partial charge in [-0.1, -0.05) is 265 Å². The van der Waals surface area contributed by atoms with Gasteiger partial charge in [-0.25, -0.2) is 9.13 Å². The zero-order chi connectivity index (χ0) is 59.8. The summed E-state index contributed by atoms with van der Waals surface area (Å²) in [5, 5.41) is 10.5. The maximum Gasteiger partial charge on any atom is 0.472 e. The van der Waals surface area contributed by atoms with Crippen LogP contribution in [0.1, 0.15) is 317 Å². The van der Waals surface area contributed by atoms with Crippen molar-refractivity contribution in [1.82, 2.24) is 0 Å². The monoisotopic (exact) mass is 1200 g/mol. The fraction of sp³-hybridized carbons (Fsp3) is 0.935. The van der Waals surface area contributed by atoms with Gasteiger partial charge in [0, 0.05) is 25.7 Å². The summed E-state index contributed by atoms with van der Waals surface area (Å²) in [4.78, 5) is 72.0. The molecule has 2 unspecified atom stereocenters. The highest BCUT2D eigenvalue weighted by atomic mass is 31.2. The molecule has 0 aromatic carbocycles. The number of phosphoric acid groups is 2. The van der Waals surface area contributed by atoms with Gasteiger partial charge in [-0.3, -0.25) is 37.3 Å². The molecule has 0 rings (SSSR count). The van der Waals surface area contributed by atoms with Gasteiger partial charge in [-0.2, -0.15) is 0 Å². The Kier molecular flexibility index (Phi) is 55.8. The van der Waals surface area contributed by atoms with Crippen LogP contribution < -0.4 is 0 Å². The summed E-state index contributed by atoms with van der Waals surface area (Å²) in [6, 6.07) is 0. The number of carbonyl (C=O) groups is 4. The average Bonchev–Trinajstić information content (AvgIpc) is 3.45. The zero-order valence-corrected chi connectivity index (χ0v) is 53.5. The molecule has 0 heterocycles. The predicted molar refractivity (Wildman–Crippen MR) is 322 cm³/mol. The lowest BCUT2D eigenvalue weighted by molar-refractivity contribution is -0.161. The maximum atomic E-state index is 12.9. The molecule has 3 N–H and O–H groups in total. The van der Waals surface area contributed by atoms with Gasteiger partial charge in [0.1, 0.15) is 19.3 Å². The zero-order valence-electron chi connectivity index (χ0n) is 51.7. The van der Waals surface area contributed by atoms with E-state index in [2.05, 4.69) is 27.7 Å². The lowest BCUT2D eigenvalue weighted by Crippen LogP contribution is -2.30. The van der Waals surface area contributed by atoms with Crippen molar-refractivity contribution in [3.63, 3.8) is 0 Å². The van der Waals surface area contributed by atoms with E-state index in [0.29, 0.717) is 25.7 Å². The first kappa shape index (κ1) is 79.1. The highest BCUT2D eigenvalue weighted by Crippen LogP contribution is 2.45. The molecular weight excluding hydrogens is 1080 g/mol. The Bertz CT molecular complexity index is 1570.